The Labute approximate surface area is 129 Å². The summed E-state index contributed by atoms with van der Waals surface area (Å²) in [5.41, 5.74) is 7.88. The number of nitrogen functional groups attached to an aromatic ring is 1. The van der Waals surface area contributed by atoms with Crippen molar-refractivity contribution < 1.29 is 4.79 Å². The van der Waals surface area contributed by atoms with Gasteiger partial charge in [-0.05, 0) is 36.2 Å². The monoisotopic (exact) mass is 303 g/mol. The standard InChI is InChI=1S/C16H18ClN3O/c1-2-8-20(11-12-4-3-5-14(18)9-12)16(21)15-7-6-13(17)10-19-15/h3-7,9-10H,2,8,11,18H2,1H3. The Morgan fingerprint density at radius 2 is 2.14 bits per heavy atom. The van der Waals surface area contributed by atoms with E-state index in [1.807, 2.05) is 31.2 Å². The maximum Gasteiger partial charge on any atom is 0.272 e. The zero-order valence-electron chi connectivity index (χ0n) is 11.9. The number of nitrogens with two attached hydrogens (primary N) is 1. The molecule has 0 radical (unpaired) electrons. The maximum absolute atomic E-state index is 12.5. The zero-order valence-corrected chi connectivity index (χ0v) is 12.7. The third-order valence-corrected chi connectivity index (χ3v) is 3.28. The predicted octanol–water partition coefficient (Wildman–Crippen LogP) is 3.37. The van der Waals surface area contributed by atoms with Gasteiger partial charge >= 0.3 is 0 Å². The zero-order chi connectivity index (χ0) is 15.2. The first kappa shape index (κ1) is 15.3. The summed E-state index contributed by atoms with van der Waals surface area (Å²) in [6.45, 7) is 3.22. The number of aromatic nitrogens is 1. The Balaban J connectivity index is 2.18. The average molecular weight is 304 g/mol. The molecule has 1 aromatic carbocycles. The Kier molecular flexibility index (Phi) is 5.17. The van der Waals surface area contributed by atoms with Crippen LogP contribution in [0.3, 0.4) is 0 Å². The molecule has 1 aromatic heterocycles. The minimum absolute atomic E-state index is 0.101. The first-order valence-corrected chi connectivity index (χ1v) is 7.23. The molecule has 0 spiro atoms. The summed E-state index contributed by atoms with van der Waals surface area (Å²) in [7, 11) is 0. The number of nitrogens with zero attached hydrogens (tertiary/aromatic N) is 2. The van der Waals surface area contributed by atoms with Gasteiger partial charge in [0.05, 0.1) is 5.02 Å². The Hall–Kier alpha value is -2.07. The molecule has 1 amide bonds. The molecule has 21 heavy (non-hydrogen) atoms. The molecule has 0 aliphatic rings. The summed E-state index contributed by atoms with van der Waals surface area (Å²) in [5, 5.41) is 0.518. The molecule has 110 valence electrons. The van der Waals surface area contributed by atoms with Crippen molar-refractivity contribution in [3.8, 4) is 0 Å². The molecule has 4 nitrogen and oxygen atoms in total. The Morgan fingerprint density at radius 1 is 1.33 bits per heavy atom. The fourth-order valence-electron chi connectivity index (χ4n) is 2.10. The van der Waals surface area contributed by atoms with Crippen LogP contribution < -0.4 is 5.73 Å². The van der Waals surface area contributed by atoms with Crippen molar-refractivity contribution in [1.82, 2.24) is 9.88 Å². The minimum Gasteiger partial charge on any atom is -0.399 e. The van der Waals surface area contributed by atoms with Crippen molar-refractivity contribution in [3.63, 3.8) is 0 Å². The highest BCUT2D eigenvalue weighted by molar-refractivity contribution is 6.30. The van der Waals surface area contributed by atoms with Gasteiger partial charge in [-0.25, -0.2) is 4.98 Å². The smallest absolute Gasteiger partial charge is 0.272 e. The molecule has 5 heteroatoms. The van der Waals surface area contributed by atoms with Gasteiger partial charge in [0, 0.05) is 25.0 Å². The third kappa shape index (κ3) is 4.20. The van der Waals surface area contributed by atoms with Gasteiger partial charge in [-0.3, -0.25) is 4.79 Å². The number of benzene rings is 1. The van der Waals surface area contributed by atoms with Gasteiger partial charge in [0.1, 0.15) is 5.69 Å². The molecule has 0 saturated carbocycles. The second-order valence-electron chi connectivity index (χ2n) is 4.83. The molecule has 0 atom stereocenters. The van der Waals surface area contributed by atoms with Crippen LogP contribution in [0.1, 0.15) is 29.4 Å². The first-order chi connectivity index (χ1) is 10.1. The number of rotatable bonds is 5. The van der Waals surface area contributed by atoms with Crippen LogP contribution in [0.25, 0.3) is 0 Å². The molecule has 2 rings (SSSR count). The molecular weight excluding hydrogens is 286 g/mol. The van der Waals surface area contributed by atoms with Crippen LogP contribution in [-0.2, 0) is 6.54 Å². The molecule has 0 unspecified atom stereocenters. The van der Waals surface area contributed by atoms with Crippen molar-refractivity contribution in [2.75, 3.05) is 12.3 Å². The highest BCUT2D eigenvalue weighted by Gasteiger charge is 2.16. The summed E-state index contributed by atoms with van der Waals surface area (Å²) < 4.78 is 0. The van der Waals surface area contributed by atoms with Crippen LogP contribution in [0.2, 0.25) is 5.02 Å². The van der Waals surface area contributed by atoms with Crippen molar-refractivity contribution in [1.29, 1.82) is 0 Å². The lowest BCUT2D eigenvalue weighted by molar-refractivity contribution is 0.0737. The van der Waals surface area contributed by atoms with E-state index in [0.717, 1.165) is 12.0 Å². The molecule has 0 bridgehead atoms. The summed E-state index contributed by atoms with van der Waals surface area (Å²) in [6.07, 6.45) is 2.36. The van der Waals surface area contributed by atoms with Crippen molar-refractivity contribution >= 4 is 23.2 Å². The lowest BCUT2D eigenvalue weighted by Crippen LogP contribution is -2.31. The number of hydrogen-bond donors (Lipinski definition) is 1. The molecule has 0 fully saturated rings. The Bertz CT molecular complexity index is 613. The maximum atomic E-state index is 12.5. The normalized spacial score (nSPS) is 10.4. The van der Waals surface area contributed by atoms with Gasteiger partial charge < -0.3 is 10.6 Å². The van der Waals surface area contributed by atoms with Gasteiger partial charge in [0.2, 0.25) is 0 Å². The fraction of sp³-hybridized carbons (Fsp3) is 0.250. The number of hydrogen-bond acceptors (Lipinski definition) is 3. The first-order valence-electron chi connectivity index (χ1n) is 6.85. The van der Waals surface area contributed by atoms with Gasteiger partial charge in [-0.15, -0.1) is 0 Å². The van der Waals surface area contributed by atoms with E-state index in [9.17, 15) is 4.79 Å². The van der Waals surface area contributed by atoms with E-state index < -0.39 is 0 Å². The minimum atomic E-state index is -0.101. The number of carbonyl (C=O) groups excluding carboxylic acids is 1. The highest BCUT2D eigenvalue weighted by Crippen LogP contribution is 2.13. The van der Waals surface area contributed by atoms with Crippen molar-refractivity contribution in [2.45, 2.75) is 19.9 Å². The summed E-state index contributed by atoms with van der Waals surface area (Å²) in [5.74, 6) is -0.101. The van der Waals surface area contributed by atoms with Crippen LogP contribution in [0.5, 0.6) is 0 Å². The van der Waals surface area contributed by atoms with Gasteiger partial charge in [-0.2, -0.15) is 0 Å². The Morgan fingerprint density at radius 3 is 2.76 bits per heavy atom. The number of pyridine rings is 1. The second-order valence-corrected chi connectivity index (χ2v) is 5.27. The van der Waals surface area contributed by atoms with Crippen LogP contribution >= 0.6 is 11.6 Å². The second kappa shape index (κ2) is 7.09. The fourth-order valence-corrected chi connectivity index (χ4v) is 2.21. The van der Waals surface area contributed by atoms with E-state index in [4.69, 9.17) is 17.3 Å². The summed E-state index contributed by atoms with van der Waals surface area (Å²) >= 11 is 5.80. The van der Waals surface area contributed by atoms with Gasteiger partial charge in [0.15, 0.2) is 0 Å². The molecule has 2 aromatic rings. The van der Waals surface area contributed by atoms with E-state index in [1.165, 1.54) is 6.20 Å². The SMILES string of the molecule is CCCN(Cc1cccc(N)c1)C(=O)c1ccc(Cl)cn1. The number of amides is 1. The number of anilines is 1. The van der Waals surface area contributed by atoms with Crippen LogP contribution in [0.4, 0.5) is 5.69 Å². The van der Waals surface area contributed by atoms with E-state index in [2.05, 4.69) is 4.98 Å². The van der Waals surface area contributed by atoms with Gasteiger partial charge in [-0.1, -0.05) is 30.7 Å². The van der Waals surface area contributed by atoms with Crippen molar-refractivity contribution in [3.05, 3.63) is 58.9 Å². The van der Waals surface area contributed by atoms with Crippen LogP contribution in [-0.4, -0.2) is 22.3 Å². The quantitative estimate of drug-likeness (QED) is 0.862. The molecule has 0 saturated heterocycles. The van der Waals surface area contributed by atoms with Crippen molar-refractivity contribution in [2.24, 2.45) is 0 Å². The lowest BCUT2D eigenvalue weighted by atomic mass is 10.1. The topological polar surface area (TPSA) is 59.2 Å². The van der Waals surface area contributed by atoms with E-state index in [1.54, 1.807) is 17.0 Å². The molecule has 2 N–H and O–H groups in total. The average Bonchev–Trinajstić information content (AvgIpc) is 2.47. The van der Waals surface area contributed by atoms with E-state index in [-0.39, 0.29) is 5.91 Å². The molecular formula is C16H18ClN3O. The van der Waals surface area contributed by atoms with E-state index in [0.29, 0.717) is 29.5 Å². The summed E-state index contributed by atoms with van der Waals surface area (Å²) in [4.78, 5) is 18.4. The summed E-state index contributed by atoms with van der Waals surface area (Å²) in [6, 6.07) is 10.9. The largest absolute Gasteiger partial charge is 0.399 e. The molecule has 0 aliphatic carbocycles. The lowest BCUT2D eigenvalue weighted by Gasteiger charge is -2.22. The predicted molar refractivity (Wildman–Crippen MR) is 85.1 cm³/mol. The van der Waals surface area contributed by atoms with Crippen LogP contribution in [0, 0.1) is 0 Å². The van der Waals surface area contributed by atoms with Gasteiger partial charge in [0.25, 0.3) is 5.91 Å². The molecule has 0 aliphatic heterocycles. The number of halogens is 1. The number of carbonyl (C=O) groups is 1. The van der Waals surface area contributed by atoms with Crippen LogP contribution in [0.15, 0.2) is 42.6 Å². The third-order valence-electron chi connectivity index (χ3n) is 3.05. The molecule has 1 heterocycles. The van der Waals surface area contributed by atoms with E-state index >= 15 is 0 Å². The highest BCUT2D eigenvalue weighted by atomic mass is 35.5.